The van der Waals surface area contributed by atoms with Crippen LogP contribution in [0.25, 0.3) is 0 Å². The zero-order chi connectivity index (χ0) is 19.0. The minimum absolute atomic E-state index is 0.128. The third-order valence-electron chi connectivity index (χ3n) is 3.68. The lowest BCUT2D eigenvalue weighted by atomic mass is 10.1. The lowest BCUT2D eigenvalue weighted by molar-refractivity contribution is -0.120. The number of anilines is 1. The van der Waals surface area contributed by atoms with Crippen LogP contribution < -0.4 is 14.4 Å². The first-order chi connectivity index (χ1) is 12.4. The van der Waals surface area contributed by atoms with Crippen LogP contribution in [0.1, 0.15) is 12.5 Å². The van der Waals surface area contributed by atoms with Gasteiger partial charge in [-0.1, -0.05) is 42.5 Å². The van der Waals surface area contributed by atoms with E-state index in [0.717, 1.165) is 11.8 Å². The summed E-state index contributed by atoms with van der Waals surface area (Å²) in [7, 11) is -3.51. The van der Waals surface area contributed by atoms with Crippen LogP contribution in [-0.2, 0) is 21.2 Å². The summed E-state index contributed by atoms with van der Waals surface area (Å²) in [5.74, 6) is 0.346. The molecular weight excluding hydrogens is 352 g/mol. The first kappa shape index (κ1) is 19.8. The molecular formula is C19H24N2O4S. The maximum Gasteiger partial charge on any atom is 0.232 e. The molecule has 2 aromatic carbocycles. The van der Waals surface area contributed by atoms with E-state index in [1.54, 1.807) is 24.3 Å². The van der Waals surface area contributed by atoms with Gasteiger partial charge in [0.15, 0.2) is 0 Å². The van der Waals surface area contributed by atoms with Gasteiger partial charge < -0.3 is 10.1 Å². The third kappa shape index (κ3) is 5.77. The third-order valence-corrected chi connectivity index (χ3v) is 4.86. The summed E-state index contributed by atoms with van der Waals surface area (Å²) >= 11 is 0. The van der Waals surface area contributed by atoms with Gasteiger partial charge in [0.25, 0.3) is 0 Å². The van der Waals surface area contributed by atoms with Crippen molar-refractivity contribution >= 4 is 21.6 Å². The Morgan fingerprint density at radius 2 is 1.73 bits per heavy atom. The molecule has 7 heteroatoms. The van der Waals surface area contributed by atoms with Crippen LogP contribution in [0.3, 0.4) is 0 Å². The van der Waals surface area contributed by atoms with Gasteiger partial charge in [-0.3, -0.25) is 9.10 Å². The van der Waals surface area contributed by atoms with Crippen molar-refractivity contribution in [2.24, 2.45) is 0 Å². The second-order valence-electron chi connectivity index (χ2n) is 5.75. The highest BCUT2D eigenvalue weighted by atomic mass is 32.2. The summed E-state index contributed by atoms with van der Waals surface area (Å²) in [6.07, 6.45) is 1.40. The molecule has 0 bridgehead atoms. The highest BCUT2D eigenvalue weighted by molar-refractivity contribution is 7.92. The number of ether oxygens (including phenoxy) is 1. The number of nitrogens with zero attached hydrogens (tertiary/aromatic N) is 1. The van der Waals surface area contributed by atoms with Gasteiger partial charge in [-0.05, 0) is 24.6 Å². The molecule has 1 N–H and O–H groups in total. The van der Waals surface area contributed by atoms with E-state index in [-0.39, 0.29) is 25.4 Å². The molecule has 0 saturated carbocycles. The highest BCUT2D eigenvalue weighted by Gasteiger charge is 2.20. The van der Waals surface area contributed by atoms with Crippen molar-refractivity contribution in [3.05, 3.63) is 60.2 Å². The van der Waals surface area contributed by atoms with Gasteiger partial charge in [0.05, 0.1) is 31.5 Å². The van der Waals surface area contributed by atoms with Crippen LogP contribution in [0.2, 0.25) is 0 Å². The Morgan fingerprint density at radius 1 is 1.08 bits per heavy atom. The van der Waals surface area contributed by atoms with Crippen molar-refractivity contribution in [2.45, 2.75) is 13.3 Å². The Hall–Kier alpha value is -2.54. The van der Waals surface area contributed by atoms with Gasteiger partial charge in [-0.15, -0.1) is 0 Å². The van der Waals surface area contributed by atoms with Crippen LogP contribution in [0.5, 0.6) is 5.75 Å². The van der Waals surface area contributed by atoms with Gasteiger partial charge in [-0.25, -0.2) is 8.42 Å². The number of nitrogens with one attached hydrogen (secondary N) is 1. The number of rotatable bonds is 9. The molecule has 0 atom stereocenters. The molecule has 0 spiro atoms. The van der Waals surface area contributed by atoms with Crippen LogP contribution in [0.4, 0.5) is 5.69 Å². The van der Waals surface area contributed by atoms with Crippen LogP contribution >= 0.6 is 0 Å². The highest BCUT2D eigenvalue weighted by Crippen LogP contribution is 2.29. The van der Waals surface area contributed by atoms with E-state index in [9.17, 15) is 13.2 Å². The molecule has 2 rings (SSSR count). The Morgan fingerprint density at radius 3 is 2.38 bits per heavy atom. The van der Waals surface area contributed by atoms with Crippen LogP contribution in [0.15, 0.2) is 54.6 Å². The van der Waals surface area contributed by atoms with Crippen molar-refractivity contribution in [2.75, 3.05) is 30.3 Å². The molecule has 0 aliphatic carbocycles. The number of hydrogen-bond acceptors (Lipinski definition) is 4. The summed E-state index contributed by atoms with van der Waals surface area (Å²) in [6.45, 7) is 2.61. The fourth-order valence-electron chi connectivity index (χ4n) is 2.55. The average Bonchev–Trinajstić information content (AvgIpc) is 2.60. The Bertz CT molecular complexity index is 822. The summed E-state index contributed by atoms with van der Waals surface area (Å²) in [5, 5.41) is 2.77. The maximum atomic E-state index is 12.2. The van der Waals surface area contributed by atoms with Gasteiger partial charge >= 0.3 is 0 Å². The minimum atomic E-state index is -3.51. The van der Waals surface area contributed by atoms with E-state index in [1.165, 1.54) is 4.31 Å². The zero-order valence-electron chi connectivity index (χ0n) is 15.0. The number of para-hydroxylation sites is 2. The van der Waals surface area contributed by atoms with E-state index >= 15 is 0 Å². The molecule has 1 amide bonds. The van der Waals surface area contributed by atoms with Crippen molar-refractivity contribution in [3.8, 4) is 5.75 Å². The van der Waals surface area contributed by atoms with Gasteiger partial charge in [0, 0.05) is 6.54 Å². The number of carbonyl (C=O) groups is 1. The molecule has 0 aliphatic heterocycles. The summed E-state index contributed by atoms with van der Waals surface area (Å²) < 4.78 is 31.2. The smallest absolute Gasteiger partial charge is 0.232 e. The molecule has 0 saturated heterocycles. The summed E-state index contributed by atoms with van der Waals surface area (Å²) in [5.41, 5.74) is 1.38. The SMILES string of the molecule is CCOc1ccccc1N(CCNC(=O)Cc1ccccc1)S(C)(=O)=O. The topological polar surface area (TPSA) is 75.7 Å². The van der Waals surface area contributed by atoms with E-state index in [4.69, 9.17) is 4.74 Å². The van der Waals surface area contributed by atoms with E-state index in [0.29, 0.717) is 18.0 Å². The van der Waals surface area contributed by atoms with Crippen molar-refractivity contribution in [3.63, 3.8) is 0 Å². The lowest BCUT2D eigenvalue weighted by Gasteiger charge is -2.24. The molecule has 0 heterocycles. The maximum absolute atomic E-state index is 12.2. The lowest BCUT2D eigenvalue weighted by Crippen LogP contribution is -2.38. The number of carbonyl (C=O) groups excluding carboxylic acids is 1. The van der Waals surface area contributed by atoms with Crippen molar-refractivity contribution in [1.29, 1.82) is 0 Å². The molecule has 2 aromatic rings. The number of amides is 1. The second-order valence-corrected chi connectivity index (χ2v) is 7.66. The zero-order valence-corrected chi connectivity index (χ0v) is 15.8. The largest absolute Gasteiger partial charge is 0.492 e. The molecule has 0 radical (unpaired) electrons. The van der Waals surface area contributed by atoms with Gasteiger partial charge in [0.1, 0.15) is 5.75 Å². The van der Waals surface area contributed by atoms with Gasteiger partial charge in [-0.2, -0.15) is 0 Å². The fraction of sp³-hybridized carbons (Fsp3) is 0.316. The Labute approximate surface area is 154 Å². The molecule has 140 valence electrons. The normalized spacial score (nSPS) is 11.0. The van der Waals surface area contributed by atoms with Crippen molar-refractivity contribution in [1.82, 2.24) is 5.32 Å². The summed E-state index contributed by atoms with van der Waals surface area (Å²) in [4.78, 5) is 12.0. The molecule has 6 nitrogen and oxygen atoms in total. The minimum Gasteiger partial charge on any atom is -0.492 e. The van der Waals surface area contributed by atoms with Crippen molar-refractivity contribution < 1.29 is 17.9 Å². The molecule has 0 fully saturated rings. The summed E-state index contributed by atoms with van der Waals surface area (Å²) in [6, 6.07) is 16.4. The number of sulfonamides is 1. The molecule has 26 heavy (non-hydrogen) atoms. The molecule has 0 aliphatic rings. The van der Waals surface area contributed by atoms with Crippen LogP contribution in [0, 0.1) is 0 Å². The van der Waals surface area contributed by atoms with Gasteiger partial charge in [0.2, 0.25) is 15.9 Å². The Balaban J connectivity index is 2.02. The quantitative estimate of drug-likeness (QED) is 0.728. The predicted octanol–water partition coefficient (Wildman–Crippen LogP) is 2.21. The number of benzene rings is 2. The van der Waals surface area contributed by atoms with E-state index in [2.05, 4.69) is 5.32 Å². The second kappa shape index (κ2) is 9.24. The molecule has 0 aromatic heterocycles. The monoisotopic (exact) mass is 376 g/mol. The number of hydrogen-bond donors (Lipinski definition) is 1. The fourth-order valence-corrected chi connectivity index (χ4v) is 3.48. The molecule has 0 unspecified atom stereocenters. The standard InChI is InChI=1S/C19H24N2O4S/c1-3-25-18-12-8-7-11-17(18)21(26(2,23)24)14-13-20-19(22)15-16-9-5-4-6-10-16/h4-12H,3,13-15H2,1-2H3,(H,20,22). The average molecular weight is 376 g/mol. The Kier molecular flexibility index (Phi) is 7.03. The first-order valence-electron chi connectivity index (χ1n) is 8.42. The van der Waals surface area contributed by atoms with E-state index in [1.807, 2.05) is 37.3 Å². The van der Waals surface area contributed by atoms with E-state index < -0.39 is 10.0 Å². The first-order valence-corrected chi connectivity index (χ1v) is 10.3. The predicted molar refractivity (Wildman–Crippen MR) is 103 cm³/mol. The van der Waals surface area contributed by atoms with Crippen LogP contribution in [-0.4, -0.2) is 40.3 Å².